The molecule has 98 valence electrons. The van der Waals surface area contributed by atoms with Crippen molar-refractivity contribution < 1.29 is 14.4 Å². The monoisotopic (exact) mass is 242 g/mol. The fourth-order valence-electron chi connectivity index (χ4n) is 2.54. The van der Waals surface area contributed by atoms with E-state index >= 15 is 0 Å². The maximum Gasteiger partial charge on any atom is 0.528 e. The van der Waals surface area contributed by atoms with E-state index in [1.165, 1.54) is 0 Å². The molecule has 0 amide bonds. The van der Waals surface area contributed by atoms with Crippen LogP contribution in [0.25, 0.3) is 0 Å². The summed E-state index contributed by atoms with van der Waals surface area (Å²) in [4.78, 5) is 16.8. The fraction of sp³-hybridized carbons (Fsp3) is 0.917. The Morgan fingerprint density at radius 2 is 2.18 bits per heavy atom. The molecule has 0 aromatic carbocycles. The van der Waals surface area contributed by atoms with Crippen LogP contribution in [0.15, 0.2) is 0 Å². The molecule has 17 heavy (non-hydrogen) atoms. The molecule has 2 rings (SSSR count). The van der Waals surface area contributed by atoms with Gasteiger partial charge >= 0.3 is 6.16 Å². The molecule has 0 aliphatic carbocycles. The predicted molar refractivity (Wildman–Crippen MR) is 63.4 cm³/mol. The zero-order chi connectivity index (χ0) is 12.7. The molecule has 2 atom stereocenters. The summed E-state index contributed by atoms with van der Waals surface area (Å²) in [5.41, 5.74) is -0.281. The molecule has 1 N–H and O–H groups in total. The van der Waals surface area contributed by atoms with Crippen LogP contribution in [0.5, 0.6) is 0 Å². The second kappa shape index (κ2) is 4.14. The van der Waals surface area contributed by atoms with Crippen molar-refractivity contribution in [3.05, 3.63) is 0 Å². The third kappa shape index (κ3) is 2.90. The third-order valence-electron chi connectivity index (χ3n) is 3.45. The number of carbonyl (C=O) groups excluding carboxylic acids is 1. The van der Waals surface area contributed by atoms with Gasteiger partial charge < -0.3 is 14.9 Å². The van der Waals surface area contributed by atoms with Gasteiger partial charge in [-0.25, -0.2) is 4.79 Å². The Bertz CT molecular complexity index is 313. The zero-order valence-corrected chi connectivity index (χ0v) is 11.1. The van der Waals surface area contributed by atoms with Crippen LogP contribution in [-0.4, -0.2) is 42.5 Å². The molecule has 2 aliphatic rings. The van der Waals surface area contributed by atoms with E-state index in [-0.39, 0.29) is 5.41 Å². The van der Waals surface area contributed by atoms with E-state index in [0.717, 1.165) is 26.1 Å². The van der Waals surface area contributed by atoms with Gasteiger partial charge in [-0.05, 0) is 33.7 Å². The van der Waals surface area contributed by atoms with Gasteiger partial charge in [0.1, 0.15) is 5.60 Å². The molecule has 0 saturated carbocycles. The fourth-order valence-corrected chi connectivity index (χ4v) is 2.54. The summed E-state index contributed by atoms with van der Waals surface area (Å²) in [7, 11) is 0. The van der Waals surface area contributed by atoms with Gasteiger partial charge in [-0.3, -0.25) is 0 Å². The highest BCUT2D eigenvalue weighted by atomic mass is 16.8. The van der Waals surface area contributed by atoms with E-state index in [9.17, 15) is 4.79 Å². The van der Waals surface area contributed by atoms with Crippen molar-refractivity contribution in [3.63, 3.8) is 0 Å². The van der Waals surface area contributed by atoms with Crippen molar-refractivity contribution in [2.24, 2.45) is 5.41 Å². The summed E-state index contributed by atoms with van der Waals surface area (Å²) in [6.45, 7) is 10.3. The first-order valence-corrected chi connectivity index (χ1v) is 6.18. The van der Waals surface area contributed by atoms with Crippen molar-refractivity contribution in [2.75, 3.05) is 19.6 Å². The third-order valence-corrected chi connectivity index (χ3v) is 3.45. The van der Waals surface area contributed by atoms with Crippen molar-refractivity contribution in [3.8, 4) is 0 Å². The molecule has 5 nitrogen and oxygen atoms in total. The first-order chi connectivity index (χ1) is 7.78. The number of hydrogen-bond donors (Lipinski definition) is 1. The van der Waals surface area contributed by atoms with Crippen LogP contribution in [0.4, 0.5) is 4.79 Å². The van der Waals surface area contributed by atoms with Gasteiger partial charge in [0, 0.05) is 18.0 Å². The van der Waals surface area contributed by atoms with Crippen molar-refractivity contribution in [2.45, 2.75) is 45.8 Å². The lowest BCUT2D eigenvalue weighted by Gasteiger charge is -2.23. The number of ether oxygens (including phenoxy) is 1. The molecule has 0 radical (unpaired) electrons. The minimum atomic E-state index is -0.610. The van der Waals surface area contributed by atoms with E-state index in [1.807, 2.05) is 20.8 Å². The van der Waals surface area contributed by atoms with E-state index < -0.39 is 11.8 Å². The molecule has 0 bridgehead atoms. The Hall–Kier alpha value is -0.810. The molecule has 2 fully saturated rings. The Morgan fingerprint density at radius 1 is 1.47 bits per heavy atom. The van der Waals surface area contributed by atoms with Crippen LogP contribution in [0, 0.1) is 5.41 Å². The van der Waals surface area contributed by atoms with Gasteiger partial charge in [0.15, 0.2) is 0 Å². The van der Waals surface area contributed by atoms with Gasteiger partial charge in [-0.1, -0.05) is 6.92 Å². The van der Waals surface area contributed by atoms with Gasteiger partial charge in [0.25, 0.3) is 0 Å². The first-order valence-electron chi connectivity index (χ1n) is 6.18. The molecule has 0 aromatic rings. The maximum atomic E-state index is 11.5. The molecular weight excluding hydrogens is 220 g/mol. The highest BCUT2D eigenvalue weighted by Gasteiger charge is 2.47. The molecule has 2 unspecified atom stereocenters. The Kier molecular flexibility index (Phi) is 3.08. The summed E-state index contributed by atoms with van der Waals surface area (Å²) in [6, 6.07) is 0.421. The SMILES string of the molecule is CC(C)(C)OC(=O)ON1CC2NCCC2(C)C1. The van der Waals surface area contributed by atoms with Gasteiger partial charge in [0.05, 0.1) is 6.54 Å². The van der Waals surface area contributed by atoms with Crippen LogP contribution in [-0.2, 0) is 9.57 Å². The summed E-state index contributed by atoms with van der Waals surface area (Å²) >= 11 is 0. The molecule has 2 aliphatic heterocycles. The molecule has 0 aromatic heterocycles. The number of nitrogens with one attached hydrogen (secondary N) is 1. The Morgan fingerprint density at radius 3 is 2.76 bits per heavy atom. The summed E-state index contributed by atoms with van der Waals surface area (Å²) < 4.78 is 5.13. The van der Waals surface area contributed by atoms with Crippen LogP contribution in [0.2, 0.25) is 0 Å². The number of nitrogens with zero attached hydrogens (tertiary/aromatic N) is 1. The molecule has 2 heterocycles. The molecule has 5 heteroatoms. The lowest BCUT2D eigenvalue weighted by molar-refractivity contribution is -0.135. The van der Waals surface area contributed by atoms with Gasteiger partial charge in [-0.2, -0.15) is 0 Å². The number of carbonyl (C=O) groups is 1. The molecule has 2 saturated heterocycles. The number of rotatable bonds is 1. The summed E-state index contributed by atoms with van der Waals surface area (Å²) in [5.74, 6) is 0. The lowest BCUT2D eigenvalue weighted by atomic mass is 9.86. The van der Waals surface area contributed by atoms with Crippen LogP contribution < -0.4 is 5.32 Å². The number of hydroxylamine groups is 2. The zero-order valence-electron chi connectivity index (χ0n) is 11.1. The van der Waals surface area contributed by atoms with E-state index in [0.29, 0.717) is 6.04 Å². The van der Waals surface area contributed by atoms with Gasteiger partial charge in [-0.15, -0.1) is 5.06 Å². The number of fused-ring (bicyclic) bond motifs is 1. The largest absolute Gasteiger partial charge is 0.528 e. The van der Waals surface area contributed by atoms with E-state index in [2.05, 4.69) is 12.2 Å². The lowest BCUT2D eigenvalue weighted by Crippen LogP contribution is -2.34. The minimum Gasteiger partial charge on any atom is -0.427 e. The highest BCUT2D eigenvalue weighted by Crippen LogP contribution is 2.37. The van der Waals surface area contributed by atoms with Crippen molar-refractivity contribution in [1.29, 1.82) is 0 Å². The van der Waals surface area contributed by atoms with E-state index in [4.69, 9.17) is 9.57 Å². The first kappa shape index (κ1) is 12.6. The minimum absolute atomic E-state index is 0.224. The highest BCUT2D eigenvalue weighted by molar-refractivity contribution is 5.60. The standard InChI is InChI=1S/C12H22N2O3/c1-11(2,3)16-10(15)17-14-7-9-12(4,8-14)5-6-13-9/h9,13H,5-8H2,1-4H3. The van der Waals surface area contributed by atoms with Crippen molar-refractivity contribution in [1.82, 2.24) is 10.4 Å². The Labute approximate surface area is 102 Å². The van der Waals surface area contributed by atoms with Crippen LogP contribution in [0.1, 0.15) is 34.1 Å². The predicted octanol–water partition coefficient (Wildman–Crippen LogP) is 1.54. The van der Waals surface area contributed by atoms with E-state index in [1.54, 1.807) is 5.06 Å². The summed E-state index contributed by atoms with van der Waals surface area (Å²) in [6.07, 6.45) is 0.521. The topological polar surface area (TPSA) is 50.8 Å². The Balaban J connectivity index is 1.84. The quantitative estimate of drug-likeness (QED) is 0.707. The number of hydrogen-bond acceptors (Lipinski definition) is 5. The normalized spacial score (nSPS) is 33.5. The van der Waals surface area contributed by atoms with Gasteiger partial charge in [0.2, 0.25) is 0 Å². The second-order valence-corrected chi connectivity index (χ2v) is 6.29. The average Bonchev–Trinajstić information content (AvgIpc) is 2.54. The van der Waals surface area contributed by atoms with Crippen molar-refractivity contribution >= 4 is 6.16 Å². The molecular formula is C12H22N2O3. The average molecular weight is 242 g/mol. The smallest absolute Gasteiger partial charge is 0.427 e. The van der Waals surface area contributed by atoms with Crippen LogP contribution in [0.3, 0.4) is 0 Å². The molecule has 0 spiro atoms. The summed E-state index contributed by atoms with van der Waals surface area (Å²) in [5, 5.41) is 5.15. The van der Waals surface area contributed by atoms with Crippen LogP contribution >= 0.6 is 0 Å². The second-order valence-electron chi connectivity index (χ2n) is 6.29. The maximum absolute atomic E-state index is 11.5.